The molecule has 1 fully saturated rings. The van der Waals surface area contributed by atoms with Gasteiger partial charge in [-0.2, -0.15) is 0 Å². The first-order valence-electron chi connectivity index (χ1n) is 7.02. The molecule has 0 spiro atoms. The molecule has 6 heteroatoms. The zero-order valence-corrected chi connectivity index (χ0v) is 12.8. The van der Waals surface area contributed by atoms with Crippen molar-refractivity contribution in [1.29, 1.82) is 0 Å². The second kappa shape index (κ2) is 6.95. The van der Waals surface area contributed by atoms with Crippen LogP contribution in [0, 0.1) is 0 Å². The van der Waals surface area contributed by atoms with Crippen LogP contribution < -0.4 is 4.74 Å². The summed E-state index contributed by atoms with van der Waals surface area (Å²) >= 11 is 1.56. The maximum absolute atomic E-state index is 5.75. The van der Waals surface area contributed by atoms with Crippen LogP contribution in [0.1, 0.15) is 30.2 Å². The van der Waals surface area contributed by atoms with Crippen molar-refractivity contribution in [2.75, 3.05) is 20.3 Å². The molecular formula is C15H18N2O3S. The Morgan fingerprint density at radius 1 is 1.19 bits per heavy atom. The van der Waals surface area contributed by atoms with Gasteiger partial charge in [-0.3, -0.25) is 0 Å². The second-order valence-corrected chi connectivity index (χ2v) is 5.86. The van der Waals surface area contributed by atoms with Crippen LogP contribution in [0.5, 0.6) is 5.75 Å². The normalized spacial score (nSPS) is 16.0. The van der Waals surface area contributed by atoms with Crippen molar-refractivity contribution < 1.29 is 13.9 Å². The summed E-state index contributed by atoms with van der Waals surface area (Å²) in [7, 11) is 1.67. The van der Waals surface area contributed by atoms with E-state index >= 15 is 0 Å². The molecule has 2 aromatic rings. The lowest BCUT2D eigenvalue weighted by molar-refractivity contribution is 0.0786. The molecule has 2 heterocycles. The first-order chi connectivity index (χ1) is 10.3. The highest BCUT2D eigenvalue weighted by Gasteiger charge is 2.21. The third-order valence-electron chi connectivity index (χ3n) is 3.51. The zero-order chi connectivity index (χ0) is 14.5. The van der Waals surface area contributed by atoms with Gasteiger partial charge >= 0.3 is 0 Å². The highest BCUT2D eigenvalue weighted by molar-refractivity contribution is 7.98. The van der Waals surface area contributed by atoms with Gasteiger partial charge in [-0.1, -0.05) is 23.9 Å². The van der Waals surface area contributed by atoms with Crippen molar-refractivity contribution in [2.45, 2.75) is 29.7 Å². The number of nitrogens with zero attached hydrogens (tertiary/aromatic N) is 2. The number of thioether (sulfide) groups is 1. The summed E-state index contributed by atoms with van der Waals surface area (Å²) in [4.78, 5) is 0. The monoisotopic (exact) mass is 306 g/mol. The van der Waals surface area contributed by atoms with Gasteiger partial charge in [0.1, 0.15) is 5.75 Å². The number of hydrogen-bond acceptors (Lipinski definition) is 6. The lowest BCUT2D eigenvalue weighted by Crippen LogP contribution is -2.14. The van der Waals surface area contributed by atoms with Crippen LogP contribution in [0.15, 0.2) is 33.9 Å². The fourth-order valence-corrected chi connectivity index (χ4v) is 2.98. The van der Waals surface area contributed by atoms with E-state index in [2.05, 4.69) is 10.2 Å². The summed E-state index contributed by atoms with van der Waals surface area (Å²) in [5.41, 5.74) is 1.20. The van der Waals surface area contributed by atoms with Crippen LogP contribution in [0.2, 0.25) is 0 Å². The van der Waals surface area contributed by atoms with Crippen molar-refractivity contribution in [3.05, 3.63) is 35.7 Å². The highest BCUT2D eigenvalue weighted by atomic mass is 32.2. The molecule has 1 aliphatic heterocycles. The molecule has 0 unspecified atom stereocenters. The maximum Gasteiger partial charge on any atom is 0.276 e. The molecule has 3 rings (SSSR count). The molecule has 0 aliphatic carbocycles. The summed E-state index contributed by atoms with van der Waals surface area (Å²) in [5.74, 6) is 2.76. The van der Waals surface area contributed by atoms with Gasteiger partial charge in [-0.05, 0) is 30.5 Å². The van der Waals surface area contributed by atoms with E-state index in [4.69, 9.17) is 13.9 Å². The third-order valence-corrected chi connectivity index (χ3v) is 4.40. The number of aromatic nitrogens is 2. The van der Waals surface area contributed by atoms with Crippen LogP contribution in [0.25, 0.3) is 0 Å². The molecule has 1 saturated heterocycles. The van der Waals surface area contributed by atoms with Crippen molar-refractivity contribution in [3.8, 4) is 5.75 Å². The number of benzene rings is 1. The molecule has 0 N–H and O–H groups in total. The topological polar surface area (TPSA) is 57.4 Å². The predicted octanol–water partition coefficient (Wildman–Crippen LogP) is 3.26. The number of rotatable bonds is 5. The second-order valence-electron chi connectivity index (χ2n) is 4.93. The summed E-state index contributed by atoms with van der Waals surface area (Å²) < 4.78 is 16.2. The molecule has 1 aliphatic rings. The molecule has 1 aromatic heterocycles. The minimum absolute atomic E-state index is 0.349. The molecule has 0 radical (unpaired) electrons. The van der Waals surface area contributed by atoms with Gasteiger partial charge in [0.2, 0.25) is 5.89 Å². The van der Waals surface area contributed by atoms with Gasteiger partial charge < -0.3 is 13.9 Å². The van der Waals surface area contributed by atoms with E-state index in [9.17, 15) is 0 Å². The van der Waals surface area contributed by atoms with Crippen molar-refractivity contribution >= 4 is 11.8 Å². The van der Waals surface area contributed by atoms with Gasteiger partial charge in [0.25, 0.3) is 5.22 Å². The lowest BCUT2D eigenvalue weighted by Gasteiger charge is -2.18. The molecule has 112 valence electrons. The first kappa shape index (κ1) is 14.4. The Morgan fingerprint density at radius 3 is 2.67 bits per heavy atom. The number of hydrogen-bond donors (Lipinski definition) is 0. The summed E-state index contributed by atoms with van der Waals surface area (Å²) in [6, 6.07) is 8.00. The maximum atomic E-state index is 5.75. The van der Waals surface area contributed by atoms with Gasteiger partial charge in [-0.15, -0.1) is 10.2 Å². The number of methoxy groups -OCH3 is 1. The summed E-state index contributed by atoms with van der Waals surface area (Å²) in [6.45, 7) is 1.56. The van der Waals surface area contributed by atoms with E-state index in [0.29, 0.717) is 11.1 Å². The van der Waals surface area contributed by atoms with E-state index in [0.717, 1.165) is 43.4 Å². The van der Waals surface area contributed by atoms with Crippen LogP contribution in [-0.4, -0.2) is 30.5 Å². The minimum Gasteiger partial charge on any atom is -0.497 e. The van der Waals surface area contributed by atoms with E-state index in [1.54, 1.807) is 18.9 Å². The Kier molecular flexibility index (Phi) is 4.77. The van der Waals surface area contributed by atoms with Crippen molar-refractivity contribution in [1.82, 2.24) is 10.2 Å². The molecule has 0 atom stereocenters. The largest absolute Gasteiger partial charge is 0.497 e. The summed E-state index contributed by atoms with van der Waals surface area (Å²) in [5, 5.41) is 8.92. The molecule has 1 aromatic carbocycles. The van der Waals surface area contributed by atoms with Crippen molar-refractivity contribution in [2.24, 2.45) is 0 Å². The van der Waals surface area contributed by atoms with E-state index in [-0.39, 0.29) is 0 Å². The lowest BCUT2D eigenvalue weighted by atomic mass is 10.0. The van der Waals surface area contributed by atoms with Crippen LogP contribution in [0.4, 0.5) is 0 Å². The smallest absolute Gasteiger partial charge is 0.276 e. The third kappa shape index (κ3) is 3.77. The highest BCUT2D eigenvalue weighted by Crippen LogP contribution is 2.29. The summed E-state index contributed by atoms with van der Waals surface area (Å²) in [6.07, 6.45) is 1.93. The molecule has 0 saturated carbocycles. The van der Waals surface area contributed by atoms with Gasteiger partial charge in [0, 0.05) is 24.9 Å². The molecule has 21 heavy (non-hydrogen) atoms. The van der Waals surface area contributed by atoms with Crippen LogP contribution in [0.3, 0.4) is 0 Å². The van der Waals surface area contributed by atoms with Gasteiger partial charge in [-0.25, -0.2) is 0 Å². The fourth-order valence-electron chi connectivity index (χ4n) is 2.26. The van der Waals surface area contributed by atoms with E-state index in [1.165, 1.54) is 5.56 Å². The molecule has 0 bridgehead atoms. The average molecular weight is 306 g/mol. The Bertz CT molecular complexity index is 565. The fraction of sp³-hybridized carbons (Fsp3) is 0.467. The molecular weight excluding hydrogens is 288 g/mol. The quantitative estimate of drug-likeness (QED) is 0.790. The Labute approximate surface area is 128 Å². The molecule has 5 nitrogen and oxygen atoms in total. The SMILES string of the molecule is COc1ccc(CSc2nnc(C3CCOCC3)o2)cc1. The Hall–Kier alpha value is -1.53. The minimum atomic E-state index is 0.349. The van der Waals surface area contributed by atoms with Crippen LogP contribution >= 0.6 is 11.8 Å². The first-order valence-corrected chi connectivity index (χ1v) is 8.00. The average Bonchev–Trinajstić information content (AvgIpc) is 3.03. The van der Waals surface area contributed by atoms with Crippen molar-refractivity contribution in [3.63, 3.8) is 0 Å². The predicted molar refractivity (Wildman–Crippen MR) is 79.6 cm³/mol. The standard InChI is InChI=1S/C15H18N2O3S/c1-18-13-4-2-11(3-5-13)10-21-15-17-16-14(20-15)12-6-8-19-9-7-12/h2-5,12H,6-10H2,1H3. The van der Waals surface area contributed by atoms with Gasteiger partial charge in [0.15, 0.2) is 0 Å². The van der Waals surface area contributed by atoms with Gasteiger partial charge in [0.05, 0.1) is 7.11 Å². The Balaban J connectivity index is 1.56. The molecule has 0 amide bonds. The van der Waals surface area contributed by atoms with E-state index < -0.39 is 0 Å². The number of ether oxygens (including phenoxy) is 2. The zero-order valence-electron chi connectivity index (χ0n) is 11.9. The Morgan fingerprint density at radius 2 is 1.95 bits per heavy atom. The van der Waals surface area contributed by atoms with Crippen LogP contribution in [-0.2, 0) is 10.5 Å². The van der Waals surface area contributed by atoms with E-state index in [1.807, 2.05) is 24.3 Å².